The highest BCUT2D eigenvalue weighted by atomic mass is 16.5. The van der Waals surface area contributed by atoms with Crippen LogP contribution in [0.1, 0.15) is 18.1 Å². The molecule has 1 atom stereocenters. The maximum Gasteiger partial charge on any atom is 0.321 e. The Morgan fingerprint density at radius 1 is 1.04 bits per heavy atom. The second-order valence-electron chi connectivity index (χ2n) is 5.92. The number of ether oxygens (including phenoxy) is 1. The van der Waals surface area contributed by atoms with Gasteiger partial charge in [-0.25, -0.2) is 4.79 Å². The number of benzene rings is 2. The zero-order valence-electron chi connectivity index (χ0n) is 15.1. The molecule has 0 spiro atoms. The second kappa shape index (κ2) is 10.2. The van der Waals surface area contributed by atoms with E-state index in [1.165, 1.54) is 12.6 Å². The average molecular weight is 355 g/mol. The van der Waals surface area contributed by atoms with Gasteiger partial charge in [0, 0.05) is 12.7 Å². The van der Waals surface area contributed by atoms with Crippen LogP contribution in [0.25, 0.3) is 0 Å². The molecule has 0 unspecified atom stereocenters. The summed E-state index contributed by atoms with van der Waals surface area (Å²) in [5.74, 6) is -0.395. The van der Waals surface area contributed by atoms with E-state index >= 15 is 0 Å². The van der Waals surface area contributed by atoms with E-state index in [9.17, 15) is 9.59 Å². The number of carbonyl (C=O) groups is 2. The first kappa shape index (κ1) is 19.5. The highest BCUT2D eigenvalue weighted by Gasteiger charge is 2.14. The lowest BCUT2D eigenvalue weighted by Gasteiger charge is -2.15. The van der Waals surface area contributed by atoms with E-state index < -0.39 is 18.0 Å². The smallest absolute Gasteiger partial charge is 0.321 e. The molecule has 6 nitrogen and oxygen atoms in total. The highest BCUT2D eigenvalue weighted by Crippen LogP contribution is 2.13. The lowest BCUT2D eigenvalue weighted by Crippen LogP contribution is -2.44. The quantitative estimate of drug-likeness (QED) is 0.636. The molecule has 2 rings (SSSR count). The van der Waals surface area contributed by atoms with E-state index in [0.717, 1.165) is 17.7 Å². The van der Waals surface area contributed by atoms with Gasteiger partial charge in [-0.2, -0.15) is 0 Å². The number of nitrogens with one attached hydrogen (secondary N) is 3. The Morgan fingerprint density at radius 3 is 2.50 bits per heavy atom. The SMILES string of the molecule is CNC(=O)NC(=O)[C@H](C)Nc1cccc(COCCc2ccccc2)c1. The summed E-state index contributed by atoms with van der Waals surface area (Å²) in [7, 11) is 1.46. The number of carbonyl (C=O) groups excluding carboxylic acids is 2. The van der Waals surface area contributed by atoms with Crippen molar-refractivity contribution in [2.45, 2.75) is 26.0 Å². The Morgan fingerprint density at radius 2 is 1.77 bits per heavy atom. The van der Waals surface area contributed by atoms with Crippen LogP contribution in [0.2, 0.25) is 0 Å². The number of anilines is 1. The summed E-state index contributed by atoms with van der Waals surface area (Å²) in [6.45, 7) is 2.84. The Bertz CT molecular complexity index is 719. The Balaban J connectivity index is 1.79. The lowest BCUT2D eigenvalue weighted by atomic mass is 10.1. The van der Waals surface area contributed by atoms with Crippen molar-refractivity contribution in [3.05, 3.63) is 65.7 Å². The fourth-order valence-corrected chi connectivity index (χ4v) is 2.37. The van der Waals surface area contributed by atoms with E-state index in [1.807, 2.05) is 42.5 Å². The van der Waals surface area contributed by atoms with E-state index in [4.69, 9.17) is 4.74 Å². The zero-order chi connectivity index (χ0) is 18.8. The maximum atomic E-state index is 11.9. The van der Waals surface area contributed by atoms with Gasteiger partial charge in [-0.1, -0.05) is 42.5 Å². The zero-order valence-corrected chi connectivity index (χ0v) is 15.1. The molecule has 138 valence electrons. The van der Waals surface area contributed by atoms with E-state index in [0.29, 0.717) is 13.2 Å². The van der Waals surface area contributed by atoms with E-state index in [-0.39, 0.29) is 0 Å². The first-order valence-electron chi connectivity index (χ1n) is 8.58. The van der Waals surface area contributed by atoms with E-state index in [2.05, 4.69) is 28.1 Å². The Hall–Kier alpha value is -2.86. The van der Waals surface area contributed by atoms with Crippen molar-refractivity contribution in [3.63, 3.8) is 0 Å². The third-order valence-electron chi connectivity index (χ3n) is 3.81. The van der Waals surface area contributed by atoms with Crippen LogP contribution < -0.4 is 16.0 Å². The van der Waals surface area contributed by atoms with Crippen molar-refractivity contribution in [2.75, 3.05) is 19.0 Å². The highest BCUT2D eigenvalue weighted by molar-refractivity contribution is 5.97. The first-order valence-corrected chi connectivity index (χ1v) is 8.58. The van der Waals surface area contributed by atoms with Crippen LogP contribution in [0, 0.1) is 0 Å². The Labute approximate surface area is 153 Å². The second-order valence-corrected chi connectivity index (χ2v) is 5.92. The minimum Gasteiger partial charge on any atom is -0.376 e. The third-order valence-corrected chi connectivity index (χ3v) is 3.81. The number of amides is 3. The van der Waals surface area contributed by atoms with Gasteiger partial charge in [0.15, 0.2) is 0 Å². The van der Waals surface area contributed by atoms with Crippen molar-refractivity contribution >= 4 is 17.6 Å². The minimum atomic E-state index is -0.540. The first-order chi connectivity index (χ1) is 12.6. The monoisotopic (exact) mass is 355 g/mol. The molecular weight excluding hydrogens is 330 g/mol. The number of imide groups is 1. The van der Waals surface area contributed by atoms with Crippen molar-refractivity contribution in [1.29, 1.82) is 0 Å². The molecule has 3 N–H and O–H groups in total. The van der Waals surface area contributed by atoms with Crippen LogP contribution in [0.4, 0.5) is 10.5 Å². The van der Waals surface area contributed by atoms with Gasteiger partial charge < -0.3 is 15.4 Å². The van der Waals surface area contributed by atoms with E-state index in [1.54, 1.807) is 6.92 Å². The van der Waals surface area contributed by atoms with Gasteiger partial charge in [-0.05, 0) is 36.6 Å². The molecule has 2 aromatic rings. The van der Waals surface area contributed by atoms with Crippen molar-refractivity contribution in [2.24, 2.45) is 0 Å². The van der Waals surface area contributed by atoms with Crippen LogP contribution in [0.15, 0.2) is 54.6 Å². The number of rotatable bonds is 8. The summed E-state index contributed by atoms with van der Waals surface area (Å²) >= 11 is 0. The van der Waals surface area contributed by atoms with Crippen molar-refractivity contribution in [1.82, 2.24) is 10.6 Å². The average Bonchev–Trinajstić information content (AvgIpc) is 2.66. The summed E-state index contributed by atoms with van der Waals surface area (Å²) in [5.41, 5.74) is 3.06. The molecule has 3 amide bonds. The standard InChI is InChI=1S/C20H25N3O3/c1-15(19(24)23-20(25)21-2)22-18-10-6-9-17(13-18)14-26-12-11-16-7-4-3-5-8-16/h3-10,13,15,22H,11-12,14H2,1-2H3,(H2,21,23,24,25)/t15-/m0/s1. The molecule has 6 heteroatoms. The predicted molar refractivity (Wildman–Crippen MR) is 102 cm³/mol. The minimum absolute atomic E-state index is 0.395. The fraction of sp³-hybridized carbons (Fsp3) is 0.300. The van der Waals surface area contributed by atoms with Gasteiger partial charge in [-0.3, -0.25) is 10.1 Å². The molecular formula is C20H25N3O3. The molecule has 0 aromatic heterocycles. The third kappa shape index (κ3) is 6.57. The topological polar surface area (TPSA) is 79.5 Å². The molecule has 2 aromatic carbocycles. The molecule has 0 heterocycles. The molecule has 0 bridgehead atoms. The number of urea groups is 1. The van der Waals surface area contributed by atoms with Gasteiger partial charge in [0.1, 0.15) is 6.04 Å². The van der Waals surface area contributed by atoms with Gasteiger partial charge in [0.2, 0.25) is 5.91 Å². The van der Waals surface area contributed by atoms with Crippen LogP contribution in [0.5, 0.6) is 0 Å². The lowest BCUT2D eigenvalue weighted by molar-refractivity contribution is -0.120. The molecule has 0 saturated carbocycles. The van der Waals surface area contributed by atoms with Gasteiger partial charge in [0.05, 0.1) is 13.2 Å². The largest absolute Gasteiger partial charge is 0.376 e. The molecule has 0 saturated heterocycles. The maximum absolute atomic E-state index is 11.9. The molecule has 0 aliphatic rings. The summed E-state index contributed by atoms with van der Waals surface area (Å²) in [6, 6.07) is 16.8. The normalized spacial score (nSPS) is 11.5. The van der Waals surface area contributed by atoms with Crippen molar-refractivity contribution < 1.29 is 14.3 Å². The summed E-state index contributed by atoms with van der Waals surface area (Å²) in [4.78, 5) is 23.1. The van der Waals surface area contributed by atoms with Gasteiger partial charge in [-0.15, -0.1) is 0 Å². The van der Waals surface area contributed by atoms with Crippen LogP contribution in [0.3, 0.4) is 0 Å². The van der Waals surface area contributed by atoms with Crippen LogP contribution in [-0.4, -0.2) is 31.6 Å². The molecule has 0 aliphatic carbocycles. The Kier molecular flexibility index (Phi) is 7.64. The number of hydrogen-bond donors (Lipinski definition) is 3. The number of hydrogen-bond acceptors (Lipinski definition) is 4. The van der Waals surface area contributed by atoms with Crippen molar-refractivity contribution in [3.8, 4) is 0 Å². The summed E-state index contributed by atoms with van der Waals surface area (Å²) in [5, 5.41) is 7.67. The predicted octanol–water partition coefficient (Wildman–Crippen LogP) is 2.70. The molecule has 26 heavy (non-hydrogen) atoms. The van der Waals surface area contributed by atoms with Gasteiger partial charge in [0.25, 0.3) is 0 Å². The van der Waals surface area contributed by atoms with Crippen LogP contribution in [-0.2, 0) is 22.6 Å². The summed E-state index contributed by atoms with van der Waals surface area (Å²) < 4.78 is 5.74. The molecule has 0 fully saturated rings. The van der Waals surface area contributed by atoms with Gasteiger partial charge >= 0.3 is 6.03 Å². The summed E-state index contributed by atoms with van der Waals surface area (Å²) in [6.07, 6.45) is 0.871. The molecule has 0 radical (unpaired) electrons. The molecule has 0 aliphatic heterocycles. The van der Waals surface area contributed by atoms with Crippen LogP contribution >= 0.6 is 0 Å². The fourth-order valence-electron chi connectivity index (χ4n) is 2.37.